The lowest BCUT2D eigenvalue weighted by Crippen LogP contribution is -2.61. The Morgan fingerprint density at radius 3 is 2.24 bits per heavy atom. The average molecular weight is 698 g/mol. The molecule has 268 valence electrons. The predicted molar refractivity (Wildman–Crippen MR) is 190 cm³/mol. The lowest BCUT2D eigenvalue weighted by Gasteiger charge is -2.36. The van der Waals surface area contributed by atoms with Crippen molar-refractivity contribution < 1.29 is 33.4 Å². The number of nitrogens with zero attached hydrogens (tertiary/aromatic N) is 1. The van der Waals surface area contributed by atoms with Gasteiger partial charge in [0.05, 0.1) is 18.3 Å². The van der Waals surface area contributed by atoms with Gasteiger partial charge in [0.2, 0.25) is 17.9 Å². The third-order valence-electron chi connectivity index (χ3n) is 7.87. The molecule has 0 bridgehead atoms. The number of carbonyl (C=O) groups is 5. The first kappa shape index (κ1) is 39.3. The second-order valence-corrected chi connectivity index (χ2v) is 15.3. The van der Waals surface area contributed by atoms with Crippen molar-refractivity contribution in [3.8, 4) is 5.75 Å². The van der Waals surface area contributed by atoms with E-state index in [2.05, 4.69) is 16.0 Å². The summed E-state index contributed by atoms with van der Waals surface area (Å²) in [4.78, 5) is 68.7. The standard InChI is InChI=1S/C36H51N5O7S/c1-23-12-11-13-24(2)30(23)47-21-28(43)39-26(20-25-14-9-8-10-15-25)31(48-29(44)17-16-27(42)38-19-18-37)34(46)41-22-49-36(6,7)32(41)33(45)40-35(3,4)5/h8-15,26,31-32H,16-22,37H2,1-7H3,(H,38,42)(H,39,43)(H,40,45)/t26-,31-,32?/m0/s1. The van der Waals surface area contributed by atoms with Crippen LogP contribution in [0.3, 0.4) is 0 Å². The number of benzene rings is 2. The topological polar surface area (TPSA) is 169 Å². The molecule has 1 aliphatic rings. The van der Waals surface area contributed by atoms with Crippen LogP contribution in [-0.2, 0) is 35.1 Å². The number of amides is 4. The Morgan fingerprint density at radius 1 is 0.980 bits per heavy atom. The fourth-order valence-electron chi connectivity index (χ4n) is 5.55. The van der Waals surface area contributed by atoms with Crippen molar-refractivity contribution in [3.63, 3.8) is 0 Å². The smallest absolute Gasteiger partial charge is 0.307 e. The van der Waals surface area contributed by atoms with E-state index < -0.39 is 46.3 Å². The van der Waals surface area contributed by atoms with Gasteiger partial charge in [-0.2, -0.15) is 0 Å². The van der Waals surface area contributed by atoms with Crippen LogP contribution in [-0.4, -0.2) is 88.5 Å². The van der Waals surface area contributed by atoms with Crippen molar-refractivity contribution >= 4 is 41.4 Å². The molecule has 1 fully saturated rings. The first-order valence-corrected chi connectivity index (χ1v) is 17.5. The number of ether oxygens (including phenoxy) is 2. The molecule has 4 amide bonds. The van der Waals surface area contributed by atoms with Gasteiger partial charge in [0.1, 0.15) is 11.8 Å². The predicted octanol–water partition coefficient (Wildman–Crippen LogP) is 2.77. The molecule has 0 aromatic heterocycles. The van der Waals surface area contributed by atoms with E-state index in [1.807, 2.05) is 97.0 Å². The van der Waals surface area contributed by atoms with Gasteiger partial charge in [-0.05, 0) is 71.6 Å². The van der Waals surface area contributed by atoms with Gasteiger partial charge in [0.15, 0.2) is 6.61 Å². The summed E-state index contributed by atoms with van der Waals surface area (Å²) >= 11 is 1.43. The second-order valence-electron chi connectivity index (χ2n) is 13.7. The maximum Gasteiger partial charge on any atom is 0.307 e. The molecule has 0 spiro atoms. The molecular weight excluding hydrogens is 646 g/mol. The van der Waals surface area contributed by atoms with E-state index in [9.17, 15) is 24.0 Å². The van der Waals surface area contributed by atoms with Crippen LogP contribution in [0.2, 0.25) is 0 Å². The maximum absolute atomic E-state index is 14.6. The molecule has 0 aliphatic carbocycles. The largest absolute Gasteiger partial charge is 0.483 e. The number of esters is 1. The first-order valence-electron chi connectivity index (χ1n) is 16.5. The number of thioether (sulfide) groups is 1. The summed E-state index contributed by atoms with van der Waals surface area (Å²) in [6.45, 7) is 13.2. The third-order valence-corrected chi connectivity index (χ3v) is 9.24. The number of rotatable bonds is 15. The molecule has 2 aromatic rings. The molecular formula is C36H51N5O7S. The molecule has 3 atom stereocenters. The van der Waals surface area contributed by atoms with Crippen LogP contribution < -0.4 is 26.4 Å². The van der Waals surface area contributed by atoms with E-state index in [1.165, 1.54) is 16.7 Å². The SMILES string of the molecule is Cc1cccc(C)c1OCC(=O)N[C@@H](Cc1ccccc1)[C@H](OC(=O)CCC(=O)NCCN)C(=O)N1CSC(C)(C)C1C(=O)NC(C)(C)C. The van der Waals surface area contributed by atoms with Crippen molar-refractivity contribution in [3.05, 3.63) is 65.2 Å². The van der Waals surface area contributed by atoms with Gasteiger partial charge in [-0.15, -0.1) is 11.8 Å². The summed E-state index contributed by atoms with van der Waals surface area (Å²) in [6.07, 6.45) is -1.89. The Hall–Kier alpha value is -4.10. The fraction of sp³-hybridized carbons (Fsp3) is 0.528. The summed E-state index contributed by atoms with van der Waals surface area (Å²) in [5.74, 6) is -1.97. The van der Waals surface area contributed by atoms with E-state index in [1.54, 1.807) is 0 Å². The molecule has 1 unspecified atom stereocenters. The van der Waals surface area contributed by atoms with Crippen LogP contribution >= 0.6 is 11.8 Å². The Labute approximate surface area is 293 Å². The highest BCUT2D eigenvalue weighted by atomic mass is 32.2. The van der Waals surface area contributed by atoms with Crippen molar-refractivity contribution in [2.75, 3.05) is 25.6 Å². The van der Waals surface area contributed by atoms with E-state index in [0.717, 1.165) is 16.7 Å². The van der Waals surface area contributed by atoms with Crippen LogP contribution in [0.1, 0.15) is 64.2 Å². The van der Waals surface area contributed by atoms with Crippen LogP contribution in [0.5, 0.6) is 5.75 Å². The summed E-state index contributed by atoms with van der Waals surface area (Å²) in [5.41, 5.74) is 7.39. The van der Waals surface area contributed by atoms with E-state index in [4.69, 9.17) is 15.2 Å². The van der Waals surface area contributed by atoms with Crippen LogP contribution in [0.25, 0.3) is 0 Å². The molecule has 1 aliphatic heterocycles. The van der Waals surface area contributed by atoms with Crippen LogP contribution in [0.4, 0.5) is 0 Å². The van der Waals surface area contributed by atoms with E-state index >= 15 is 0 Å². The summed E-state index contributed by atoms with van der Waals surface area (Å²) in [7, 11) is 0. The number of aryl methyl sites for hydroxylation is 2. The van der Waals surface area contributed by atoms with Gasteiger partial charge in [-0.25, -0.2) is 0 Å². The van der Waals surface area contributed by atoms with Gasteiger partial charge in [0, 0.05) is 29.8 Å². The monoisotopic (exact) mass is 697 g/mol. The van der Waals surface area contributed by atoms with Gasteiger partial charge in [-0.3, -0.25) is 24.0 Å². The molecule has 13 heteroatoms. The highest BCUT2D eigenvalue weighted by Gasteiger charge is 2.51. The number of hydrogen-bond donors (Lipinski definition) is 4. The zero-order valence-corrected chi connectivity index (χ0v) is 30.4. The van der Waals surface area contributed by atoms with Crippen molar-refractivity contribution in [2.24, 2.45) is 5.73 Å². The summed E-state index contributed by atoms with van der Waals surface area (Å²) in [5, 5.41) is 8.48. The van der Waals surface area contributed by atoms with Gasteiger partial charge in [-0.1, -0.05) is 48.5 Å². The van der Waals surface area contributed by atoms with Gasteiger partial charge < -0.3 is 36.1 Å². The Kier molecular flexibility index (Phi) is 14.1. The first-order chi connectivity index (χ1) is 23.0. The highest BCUT2D eigenvalue weighted by Crippen LogP contribution is 2.40. The highest BCUT2D eigenvalue weighted by molar-refractivity contribution is 8.00. The zero-order chi connectivity index (χ0) is 36.4. The van der Waals surface area contributed by atoms with Crippen molar-refractivity contribution in [2.45, 2.75) is 96.2 Å². The quantitative estimate of drug-likeness (QED) is 0.205. The lowest BCUT2D eigenvalue weighted by atomic mass is 9.96. The van der Waals surface area contributed by atoms with E-state index in [0.29, 0.717) is 5.75 Å². The van der Waals surface area contributed by atoms with Gasteiger partial charge >= 0.3 is 5.97 Å². The molecule has 5 N–H and O–H groups in total. The lowest BCUT2D eigenvalue weighted by molar-refractivity contribution is -0.164. The molecule has 2 aromatic carbocycles. The van der Waals surface area contributed by atoms with Crippen LogP contribution in [0, 0.1) is 13.8 Å². The number of hydrogen-bond acceptors (Lipinski definition) is 9. The minimum absolute atomic E-state index is 0.125. The third kappa shape index (κ3) is 11.8. The maximum atomic E-state index is 14.6. The zero-order valence-electron chi connectivity index (χ0n) is 29.6. The van der Waals surface area contributed by atoms with E-state index in [-0.39, 0.29) is 56.7 Å². The minimum Gasteiger partial charge on any atom is -0.483 e. The summed E-state index contributed by atoms with van der Waals surface area (Å²) < 4.78 is 11.1. The molecule has 0 radical (unpaired) electrons. The Balaban J connectivity index is 1.97. The second kappa shape index (κ2) is 17.5. The van der Waals surface area contributed by atoms with Crippen LogP contribution in [0.15, 0.2) is 48.5 Å². The number of para-hydroxylation sites is 1. The Morgan fingerprint density at radius 2 is 1.63 bits per heavy atom. The Bertz CT molecular complexity index is 1460. The minimum atomic E-state index is -1.52. The summed E-state index contributed by atoms with van der Waals surface area (Å²) in [6, 6.07) is 12.9. The molecule has 1 heterocycles. The molecule has 12 nitrogen and oxygen atoms in total. The number of nitrogens with one attached hydrogen (secondary N) is 3. The number of carbonyl (C=O) groups excluding carboxylic acids is 5. The molecule has 49 heavy (non-hydrogen) atoms. The van der Waals surface area contributed by atoms with Gasteiger partial charge in [0.25, 0.3) is 11.8 Å². The molecule has 1 saturated heterocycles. The average Bonchev–Trinajstić information content (AvgIpc) is 3.35. The molecule has 0 saturated carbocycles. The normalized spacial score (nSPS) is 16.7. The number of nitrogens with two attached hydrogens (primary N) is 1. The molecule has 3 rings (SSSR count). The van der Waals surface area contributed by atoms with Crippen molar-refractivity contribution in [1.29, 1.82) is 0 Å². The van der Waals surface area contributed by atoms with Crippen molar-refractivity contribution in [1.82, 2.24) is 20.9 Å². The fourth-order valence-corrected chi connectivity index (χ4v) is 6.69.